The molecular formula is C25H30N4OS. The molecule has 2 heterocycles. The lowest BCUT2D eigenvalue weighted by Gasteiger charge is -2.37. The molecule has 3 aromatic rings. The molecule has 1 atom stereocenters. The van der Waals surface area contributed by atoms with E-state index in [2.05, 4.69) is 50.6 Å². The molecule has 1 aliphatic heterocycles. The van der Waals surface area contributed by atoms with Crippen LogP contribution in [0, 0.1) is 0 Å². The number of nitrogens with zero attached hydrogens (tertiary/aromatic N) is 3. The summed E-state index contributed by atoms with van der Waals surface area (Å²) in [6.07, 6.45) is 0.998. The van der Waals surface area contributed by atoms with E-state index in [1.165, 1.54) is 10.7 Å². The molecule has 0 aliphatic carbocycles. The minimum atomic E-state index is -0.169. The van der Waals surface area contributed by atoms with Crippen LogP contribution in [0.1, 0.15) is 24.5 Å². The standard InChI is InChI=1S/C25H30N4OS/c1-3-24-26-21(18-31-24)17-28-13-15-29(16-14-28)19(2)25(30)27-23-12-8-7-11-22(23)20-9-5-4-6-10-20/h4-12,18-19H,3,13-17H2,1-2H3,(H,27,30). The van der Waals surface area contributed by atoms with E-state index in [1.807, 2.05) is 43.3 Å². The van der Waals surface area contributed by atoms with E-state index in [4.69, 9.17) is 0 Å². The summed E-state index contributed by atoms with van der Waals surface area (Å²) in [5.74, 6) is 0.0453. The summed E-state index contributed by atoms with van der Waals surface area (Å²) in [5, 5.41) is 6.54. The van der Waals surface area contributed by atoms with Crippen molar-refractivity contribution in [1.29, 1.82) is 0 Å². The number of para-hydroxylation sites is 1. The van der Waals surface area contributed by atoms with Gasteiger partial charge in [0.25, 0.3) is 0 Å². The zero-order valence-corrected chi connectivity index (χ0v) is 19.1. The van der Waals surface area contributed by atoms with Gasteiger partial charge < -0.3 is 5.32 Å². The molecule has 1 N–H and O–H groups in total. The third-order valence-corrected chi connectivity index (χ3v) is 6.93. The number of nitrogens with one attached hydrogen (secondary N) is 1. The van der Waals surface area contributed by atoms with Crippen LogP contribution in [0.15, 0.2) is 60.0 Å². The van der Waals surface area contributed by atoms with Gasteiger partial charge in [0.15, 0.2) is 0 Å². The molecule has 1 saturated heterocycles. The number of anilines is 1. The number of piperazine rings is 1. The van der Waals surface area contributed by atoms with Gasteiger partial charge in [-0.05, 0) is 25.0 Å². The maximum atomic E-state index is 13.0. The lowest BCUT2D eigenvalue weighted by Crippen LogP contribution is -2.52. The second kappa shape index (κ2) is 10.2. The number of aryl methyl sites for hydroxylation is 1. The first-order chi connectivity index (χ1) is 15.1. The fourth-order valence-corrected chi connectivity index (χ4v) is 4.72. The Morgan fingerprint density at radius 3 is 2.48 bits per heavy atom. The quantitative estimate of drug-likeness (QED) is 0.594. The summed E-state index contributed by atoms with van der Waals surface area (Å²) in [5.41, 5.74) is 4.18. The third-order valence-electron chi connectivity index (χ3n) is 5.89. The molecule has 1 amide bonds. The lowest BCUT2D eigenvalue weighted by atomic mass is 10.0. The number of rotatable bonds is 7. The number of hydrogen-bond donors (Lipinski definition) is 1. The predicted octanol–water partition coefficient (Wildman–Crippen LogP) is 4.52. The molecule has 0 spiro atoms. The van der Waals surface area contributed by atoms with Crippen molar-refractivity contribution in [2.45, 2.75) is 32.9 Å². The molecular weight excluding hydrogens is 404 g/mol. The topological polar surface area (TPSA) is 48.5 Å². The summed E-state index contributed by atoms with van der Waals surface area (Å²) in [4.78, 5) is 22.4. The SMILES string of the molecule is CCc1nc(CN2CCN(C(C)C(=O)Nc3ccccc3-c3ccccc3)CC2)cs1. The summed E-state index contributed by atoms with van der Waals surface area (Å²) >= 11 is 1.75. The highest BCUT2D eigenvalue weighted by Crippen LogP contribution is 2.28. The second-order valence-corrected chi connectivity index (χ2v) is 8.92. The normalized spacial score (nSPS) is 16.2. The summed E-state index contributed by atoms with van der Waals surface area (Å²) in [7, 11) is 0. The van der Waals surface area contributed by atoms with Crippen molar-refractivity contribution < 1.29 is 4.79 Å². The molecule has 0 saturated carbocycles. The smallest absolute Gasteiger partial charge is 0.241 e. The van der Waals surface area contributed by atoms with Crippen LogP contribution in [0.4, 0.5) is 5.69 Å². The van der Waals surface area contributed by atoms with Gasteiger partial charge in [-0.15, -0.1) is 11.3 Å². The first-order valence-corrected chi connectivity index (χ1v) is 11.9. The molecule has 1 fully saturated rings. The van der Waals surface area contributed by atoms with Crippen molar-refractivity contribution in [2.24, 2.45) is 0 Å². The fraction of sp³-hybridized carbons (Fsp3) is 0.360. The molecule has 1 aromatic heterocycles. The Hall–Kier alpha value is -2.54. The van der Waals surface area contributed by atoms with Crippen LogP contribution >= 0.6 is 11.3 Å². The van der Waals surface area contributed by atoms with Crippen molar-refractivity contribution >= 4 is 22.9 Å². The van der Waals surface area contributed by atoms with Gasteiger partial charge in [0, 0.05) is 49.4 Å². The highest BCUT2D eigenvalue weighted by molar-refractivity contribution is 7.09. The van der Waals surface area contributed by atoms with E-state index < -0.39 is 0 Å². The number of carbonyl (C=O) groups excluding carboxylic acids is 1. The maximum Gasteiger partial charge on any atom is 0.241 e. The van der Waals surface area contributed by atoms with Crippen molar-refractivity contribution in [3.8, 4) is 11.1 Å². The molecule has 1 aliphatic rings. The maximum absolute atomic E-state index is 13.0. The van der Waals surface area contributed by atoms with Gasteiger partial charge >= 0.3 is 0 Å². The van der Waals surface area contributed by atoms with E-state index >= 15 is 0 Å². The van der Waals surface area contributed by atoms with Gasteiger partial charge in [0.2, 0.25) is 5.91 Å². The van der Waals surface area contributed by atoms with Crippen molar-refractivity contribution in [1.82, 2.24) is 14.8 Å². The molecule has 4 rings (SSSR count). The summed E-state index contributed by atoms with van der Waals surface area (Å²) < 4.78 is 0. The van der Waals surface area contributed by atoms with Crippen LogP contribution in [0.2, 0.25) is 0 Å². The third kappa shape index (κ3) is 5.39. The molecule has 162 valence electrons. The van der Waals surface area contributed by atoms with Gasteiger partial charge in [0.1, 0.15) is 0 Å². The Labute approximate surface area is 188 Å². The number of aromatic nitrogens is 1. The van der Waals surface area contributed by atoms with Crippen LogP contribution in [-0.2, 0) is 17.8 Å². The monoisotopic (exact) mass is 434 g/mol. The van der Waals surface area contributed by atoms with E-state index in [9.17, 15) is 4.79 Å². The fourth-order valence-electron chi connectivity index (χ4n) is 3.99. The van der Waals surface area contributed by atoms with E-state index in [1.54, 1.807) is 11.3 Å². The Morgan fingerprint density at radius 1 is 1.06 bits per heavy atom. The average molecular weight is 435 g/mol. The van der Waals surface area contributed by atoms with Crippen LogP contribution in [0.25, 0.3) is 11.1 Å². The van der Waals surface area contributed by atoms with Crippen LogP contribution < -0.4 is 5.32 Å². The summed E-state index contributed by atoms with van der Waals surface area (Å²) in [6, 6.07) is 18.0. The van der Waals surface area contributed by atoms with Gasteiger partial charge in [-0.2, -0.15) is 0 Å². The number of benzene rings is 2. The van der Waals surface area contributed by atoms with Gasteiger partial charge in [-0.25, -0.2) is 4.98 Å². The first-order valence-electron chi connectivity index (χ1n) is 11.0. The molecule has 31 heavy (non-hydrogen) atoms. The Bertz CT molecular complexity index is 996. The predicted molar refractivity (Wildman–Crippen MR) is 128 cm³/mol. The zero-order valence-electron chi connectivity index (χ0n) is 18.3. The number of hydrogen-bond acceptors (Lipinski definition) is 5. The zero-order chi connectivity index (χ0) is 21.6. The second-order valence-electron chi connectivity index (χ2n) is 7.98. The minimum Gasteiger partial charge on any atom is -0.324 e. The Balaban J connectivity index is 1.33. The molecule has 2 aromatic carbocycles. The lowest BCUT2D eigenvalue weighted by molar-refractivity contribution is -0.121. The Kier molecular flexibility index (Phi) is 7.12. The number of carbonyl (C=O) groups is 1. The number of thiazole rings is 1. The van der Waals surface area contributed by atoms with E-state index in [-0.39, 0.29) is 11.9 Å². The van der Waals surface area contributed by atoms with Crippen LogP contribution in [-0.4, -0.2) is 52.9 Å². The number of amides is 1. The molecule has 1 unspecified atom stereocenters. The van der Waals surface area contributed by atoms with Gasteiger partial charge in [-0.3, -0.25) is 14.6 Å². The van der Waals surface area contributed by atoms with Gasteiger partial charge in [-0.1, -0.05) is 55.5 Å². The average Bonchev–Trinajstić information content (AvgIpc) is 3.27. The minimum absolute atomic E-state index is 0.0453. The molecule has 5 nitrogen and oxygen atoms in total. The highest BCUT2D eigenvalue weighted by Gasteiger charge is 2.26. The van der Waals surface area contributed by atoms with E-state index in [0.717, 1.165) is 56.0 Å². The molecule has 6 heteroatoms. The first kappa shape index (κ1) is 21.7. The van der Waals surface area contributed by atoms with Crippen molar-refractivity contribution in [3.63, 3.8) is 0 Å². The van der Waals surface area contributed by atoms with Crippen LogP contribution in [0.3, 0.4) is 0 Å². The summed E-state index contributed by atoms with van der Waals surface area (Å²) in [6.45, 7) is 8.74. The Morgan fingerprint density at radius 2 is 1.77 bits per heavy atom. The molecule has 0 bridgehead atoms. The van der Waals surface area contributed by atoms with Crippen molar-refractivity contribution in [2.75, 3.05) is 31.5 Å². The van der Waals surface area contributed by atoms with Gasteiger partial charge in [0.05, 0.1) is 16.7 Å². The largest absolute Gasteiger partial charge is 0.324 e. The van der Waals surface area contributed by atoms with Crippen LogP contribution in [0.5, 0.6) is 0 Å². The highest BCUT2D eigenvalue weighted by atomic mass is 32.1. The van der Waals surface area contributed by atoms with Crippen molar-refractivity contribution in [3.05, 3.63) is 70.7 Å². The molecule has 0 radical (unpaired) electrons. The van der Waals surface area contributed by atoms with E-state index in [0.29, 0.717) is 0 Å².